The molecular weight excluding hydrogens is 377 g/mol. The Bertz CT molecular complexity index is 666. The first-order valence-electron chi connectivity index (χ1n) is 6.57. The Kier molecular flexibility index (Phi) is 5.30. The van der Waals surface area contributed by atoms with E-state index in [-0.39, 0.29) is 10.4 Å². The summed E-state index contributed by atoms with van der Waals surface area (Å²) < 4.78 is 47.9. The van der Waals surface area contributed by atoms with Crippen LogP contribution in [-0.4, -0.2) is 10.8 Å². The quantitative estimate of drug-likeness (QED) is 0.661. The van der Waals surface area contributed by atoms with Gasteiger partial charge in [-0.05, 0) is 71.4 Å². The number of rotatable bonds is 5. The standard InChI is InChI=1S/C16H12BrF3O3/c1-10(15(17)21)22-12-6-8-14(9-7-12)23-13-4-2-11(3-5-13)16(18,19)20/h2-10H,1H3. The zero-order chi connectivity index (χ0) is 17.0. The highest BCUT2D eigenvalue weighted by atomic mass is 79.9. The van der Waals surface area contributed by atoms with Gasteiger partial charge in [-0.15, -0.1) is 0 Å². The van der Waals surface area contributed by atoms with Crippen LogP contribution < -0.4 is 9.47 Å². The average Bonchev–Trinajstić information content (AvgIpc) is 2.49. The number of carbonyl (C=O) groups excluding carboxylic acids is 1. The van der Waals surface area contributed by atoms with E-state index in [1.807, 2.05) is 0 Å². The van der Waals surface area contributed by atoms with E-state index in [0.717, 1.165) is 12.1 Å². The lowest BCUT2D eigenvalue weighted by molar-refractivity contribution is -0.137. The average molecular weight is 389 g/mol. The molecule has 0 spiro atoms. The van der Waals surface area contributed by atoms with E-state index >= 15 is 0 Å². The summed E-state index contributed by atoms with van der Waals surface area (Å²) in [6.45, 7) is 1.60. The number of hydrogen-bond donors (Lipinski definition) is 0. The third kappa shape index (κ3) is 4.99. The van der Waals surface area contributed by atoms with Crippen molar-refractivity contribution in [3.63, 3.8) is 0 Å². The van der Waals surface area contributed by atoms with E-state index in [1.165, 1.54) is 12.1 Å². The summed E-state index contributed by atoms with van der Waals surface area (Å²) in [6.07, 6.45) is -5.00. The number of halogens is 4. The van der Waals surface area contributed by atoms with Crippen molar-refractivity contribution in [1.82, 2.24) is 0 Å². The first-order chi connectivity index (χ1) is 10.8. The Balaban J connectivity index is 2.02. The molecule has 0 bridgehead atoms. The minimum Gasteiger partial charge on any atom is -0.482 e. The molecule has 0 aromatic heterocycles. The third-order valence-corrected chi connectivity index (χ3v) is 3.52. The molecule has 23 heavy (non-hydrogen) atoms. The molecule has 122 valence electrons. The summed E-state index contributed by atoms with van der Waals surface area (Å²) in [5.74, 6) is 1.20. The lowest BCUT2D eigenvalue weighted by Gasteiger charge is -2.12. The molecule has 0 saturated carbocycles. The fourth-order valence-electron chi connectivity index (χ4n) is 1.68. The van der Waals surface area contributed by atoms with Crippen molar-refractivity contribution in [3.8, 4) is 17.2 Å². The molecule has 0 saturated heterocycles. The molecule has 2 rings (SSSR count). The van der Waals surface area contributed by atoms with Crippen LogP contribution in [0, 0.1) is 0 Å². The second kappa shape index (κ2) is 7.04. The number of alkyl halides is 3. The Morgan fingerprint density at radius 3 is 1.83 bits per heavy atom. The zero-order valence-corrected chi connectivity index (χ0v) is 13.5. The third-order valence-electron chi connectivity index (χ3n) is 2.87. The van der Waals surface area contributed by atoms with Gasteiger partial charge < -0.3 is 9.47 Å². The predicted molar refractivity (Wildman–Crippen MR) is 82.0 cm³/mol. The first kappa shape index (κ1) is 17.3. The molecule has 0 fully saturated rings. The van der Waals surface area contributed by atoms with Gasteiger partial charge in [0.15, 0.2) is 6.10 Å². The van der Waals surface area contributed by atoms with Crippen LogP contribution in [0.4, 0.5) is 13.2 Å². The highest BCUT2D eigenvalue weighted by Gasteiger charge is 2.30. The zero-order valence-electron chi connectivity index (χ0n) is 11.9. The maximum Gasteiger partial charge on any atom is 0.416 e. The first-order valence-corrected chi connectivity index (χ1v) is 7.36. The smallest absolute Gasteiger partial charge is 0.416 e. The van der Waals surface area contributed by atoms with Crippen molar-refractivity contribution in [2.24, 2.45) is 0 Å². The number of carbonyl (C=O) groups is 1. The van der Waals surface area contributed by atoms with Gasteiger partial charge in [-0.1, -0.05) is 0 Å². The molecule has 0 aliphatic carbocycles. The van der Waals surface area contributed by atoms with Crippen LogP contribution in [0.15, 0.2) is 48.5 Å². The molecule has 0 radical (unpaired) electrons. The number of ether oxygens (including phenoxy) is 2. The maximum atomic E-state index is 12.5. The number of benzene rings is 2. The van der Waals surface area contributed by atoms with E-state index < -0.39 is 17.8 Å². The molecule has 1 unspecified atom stereocenters. The Hall–Kier alpha value is -2.02. The minimum absolute atomic E-state index is 0.275. The van der Waals surface area contributed by atoms with E-state index in [1.54, 1.807) is 31.2 Å². The molecule has 2 aromatic carbocycles. The Morgan fingerprint density at radius 1 is 0.957 bits per heavy atom. The van der Waals surface area contributed by atoms with Gasteiger partial charge in [0.2, 0.25) is 4.69 Å². The predicted octanol–water partition coefficient (Wildman–Crippen LogP) is 5.19. The SMILES string of the molecule is CC(Oc1ccc(Oc2ccc(C(F)(F)F)cc2)cc1)C(=O)Br. The van der Waals surface area contributed by atoms with E-state index in [2.05, 4.69) is 15.9 Å². The summed E-state index contributed by atoms with van der Waals surface area (Å²) in [5.41, 5.74) is -0.734. The van der Waals surface area contributed by atoms with Crippen LogP contribution in [0.1, 0.15) is 12.5 Å². The molecule has 0 amide bonds. The van der Waals surface area contributed by atoms with Crippen molar-refractivity contribution >= 4 is 20.6 Å². The van der Waals surface area contributed by atoms with Gasteiger partial charge in [-0.2, -0.15) is 13.2 Å². The summed E-state index contributed by atoms with van der Waals surface area (Å²) >= 11 is 2.81. The Labute approximate surface area is 139 Å². The highest BCUT2D eigenvalue weighted by molar-refractivity contribution is 9.18. The van der Waals surface area contributed by atoms with Crippen LogP contribution in [0.5, 0.6) is 17.2 Å². The molecule has 0 aliphatic rings. The maximum absolute atomic E-state index is 12.5. The minimum atomic E-state index is -4.37. The lowest BCUT2D eigenvalue weighted by atomic mass is 10.2. The summed E-state index contributed by atoms with van der Waals surface area (Å²) in [4.78, 5) is 11.0. The molecule has 0 N–H and O–H groups in total. The second-order valence-corrected chi connectivity index (χ2v) is 5.44. The summed E-state index contributed by atoms with van der Waals surface area (Å²) in [7, 11) is 0. The second-order valence-electron chi connectivity index (χ2n) is 4.66. The molecule has 2 aromatic rings. The van der Waals surface area contributed by atoms with E-state index in [0.29, 0.717) is 11.5 Å². The monoisotopic (exact) mass is 388 g/mol. The topological polar surface area (TPSA) is 35.5 Å². The van der Waals surface area contributed by atoms with E-state index in [9.17, 15) is 18.0 Å². The normalized spacial score (nSPS) is 12.6. The van der Waals surface area contributed by atoms with Crippen LogP contribution in [0.3, 0.4) is 0 Å². The van der Waals surface area contributed by atoms with Crippen LogP contribution in [-0.2, 0) is 11.0 Å². The van der Waals surface area contributed by atoms with Crippen LogP contribution in [0.2, 0.25) is 0 Å². The summed E-state index contributed by atoms with van der Waals surface area (Å²) in [5, 5.41) is 0. The molecule has 3 nitrogen and oxygen atoms in total. The molecule has 7 heteroatoms. The fraction of sp³-hybridized carbons (Fsp3) is 0.188. The van der Waals surface area contributed by atoms with Crippen molar-refractivity contribution < 1.29 is 27.4 Å². The van der Waals surface area contributed by atoms with Gasteiger partial charge in [0.05, 0.1) is 5.56 Å². The van der Waals surface area contributed by atoms with Crippen molar-refractivity contribution in [3.05, 3.63) is 54.1 Å². The van der Waals surface area contributed by atoms with Gasteiger partial charge in [0, 0.05) is 0 Å². The van der Waals surface area contributed by atoms with Gasteiger partial charge in [0.25, 0.3) is 0 Å². The van der Waals surface area contributed by atoms with Gasteiger partial charge in [-0.25, -0.2) is 0 Å². The van der Waals surface area contributed by atoms with Crippen molar-refractivity contribution in [2.75, 3.05) is 0 Å². The summed E-state index contributed by atoms with van der Waals surface area (Å²) in [6, 6.07) is 10.8. The largest absolute Gasteiger partial charge is 0.482 e. The van der Waals surface area contributed by atoms with E-state index in [4.69, 9.17) is 9.47 Å². The van der Waals surface area contributed by atoms with Crippen LogP contribution >= 0.6 is 15.9 Å². The molecule has 1 atom stereocenters. The van der Waals surface area contributed by atoms with Crippen LogP contribution in [0.25, 0.3) is 0 Å². The van der Waals surface area contributed by atoms with Gasteiger partial charge in [0.1, 0.15) is 17.2 Å². The highest BCUT2D eigenvalue weighted by Crippen LogP contribution is 2.31. The number of hydrogen-bond acceptors (Lipinski definition) is 3. The molecular formula is C16H12BrF3O3. The fourth-order valence-corrected chi connectivity index (χ4v) is 1.78. The van der Waals surface area contributed by atoms with Crippen molar-refractivity contribution in [2.45, 2.75) is 19.2 Å². The molecule has 0 aliphatic heterocycles. The molecule has 0 heterocycles. The van der Waals surface area contributed by atoms with Crippen molar-refractivity contribution in [1.29, 1.82) is 0 Å². The van der Waals surface area contributed by atoms with Gasteiger partial charge in [-0.3, -0.25) is 4.79 Å². The lowest BCUT2D eigenvalue weighted by Crippen LogP contribution is -2.18. The Morgan fingerprint density at radius 2 is 1.39 bits per heavy atom. The van der Waals surface area contributed by atoms with Gasteiger partial charge >= 0.3 is 6.18 Å².